The average Bonchev–Trinajstić information content (AvgIpc) is 2.30. The Kier molecular flexibility index (Phi) is 2.49. The van der Waals surface area contributed by atoms with E-state index in [0.717, 1.165) is 17.8 Å². The maximum Gasteiger partial charge on any atom is 0.250 e. The number of nitrogens with one attached hydrogen (secondary N) is 1. The molecule has 15 heavy (non-hydrogen) atoms. The molecule has 4 nitrogen and oxygen atoms in total. The molecule has 0 fully saturated rings. The molecule has 1 aromatic heterocycles. The fourth-order valence-electron chi connectivity index (χ4n) is 1.35. The minimum absolute atomic E-state index is 0.428. The van der Waals surface area contributed by atoms with Gasteiger partial charge in [0.25, 0.3) is 0 Å². The number of pyridine rings is 1. The topological polar surface area (TPSA) is 68.0 Å². The zero-order chi connectivity index (χ0) is 10.7. The molecule has 1 aromatic rings. The zero-order valence-corrected chi connectivity index (χ0v) is 8.10. The summed E-state index contributed by atoms with van der Waals surface area (Å²) in [5, 5.41) is 3.06. The minimum atomic E-state index is -0.455. The van der Waals surface area contributed by atoms with Crippen molar-refractivity contribution in [1.82, 2.24) is 10.3 Å². The second kappa shape index (κ2) is 3.96. The summed E-state index contributed by atoms with van der Waals surface area (Å²) in [5.74, 6) is -0.455. The monoisotopic (exact) mass is 201 g/mol. The molecule has 3 N–H and O–H groups in total. The van der Waals surface area contributed by atoms with Crippen LogP contribution < -0.4 is 11.1 Å². The van der Waals surface area contributed by atoms with E-state index >= 15 is 0 Å². The minimum Gasteiger partial charge on any atom is -0.387 e. The number of rotatable bonds is 2. The first kappa shape index (κ1) is 9.45. The number of aromatic nitrogens is 1. The number of nitrogens with zero attached hydrogens (tertiary/aromatic N) is 1. The molecule has 0 aliphatic carbocycles. The smallest absolute Gasteiger partial charge is 0.250 e. The Morgan fingerprint density at radius 1 is 1.47 bits per heavy atom. The van der Waals surface area contributed by atoms with Crippen molar-refractivity contribution in [3.8, 4) is 0 Å². The Morgan fingerprint density at radius 2 is 2.33 bits per heavy atom. The second-order valence-electron chi connectivity index (χ2n) is 3.20. The molecular weight excluding hydrogens is 190 g/mol. The molecule has 0 atom stereocenters. The zero-order valence-electron chi connectivity index (χ0n) is 8.10. The average molecular weight is 201 g/mol. The van der Waals surface area contributed by atoms with Crippen LogP contribution in [0.1, 0.15) is 16.1 Å². The number of allylic oxidation sites excluding steroid dienone is 2. The van der Waals surface area contributed by atoms with Crippen LogP contribution in [0.2, 0.25) is 0 Å². The molecule has 2 heterocycles. The van der Waals surface area contributed by atoms with Crippen molar-refractivity contribution in [3.05, 3.63) is 47.9 Å². The van der Waals surface area contributed by atoms with Gasteiger partial charge in [0, 0.05) is 12.7 Å². The standard InChI is InChI=1S/C11H11N3O/c12-11(15)9-1-2-10(14-7-9)8-3-5-13-6-4-8/h1-5,7,13H,6H2,(H2,12,15). The third-order valence-corrected chi connectivity index (χ3v) is 2.16. The lowest BCUT2D eigenvalue weighted by atomic mass is 10.1. The summed E-state index contributed by atoms with van der Waals surface area (Å²) in [5.41, 5.74) is 7.44. The van der Waals surface area contributed by atoms with Crippen molar-refractivity contribution in [2.45, 2.75) is 0 Å². The van der Waals surface area contributed by atoms with Gasteiger partial charge in [0.1, 0.15) is 0 Å². The predicted molar refractivity (Wildman–Crippen MR) is 57.9 cm³/mol. The molecule has 0 aromatic carbocycles. The summed E-state index contributed by atoms with van der Waals surface area (Å²) in [6, 6.07) is 3.48. The van der Waals surface area contributed by atoms with Crippen LogP contribution in [0.15, 0.2) is 36.7 Å². The maximum absolute atomic E-state index is 10.8. The van der Waals surface area contributed by atoms with Crippen LogP contribution >= 0.6 is 0 Å². The molecule has 76 valence electrons. The Hall–Kier alpha value is -2.10. The summed E-state index contributed by atoms with van der Waals surface area (Å²) >= 11 is 0. The van der Waals surface area contributed by atoms with Gasteiger partial charge in [0.2, 0.25) is 5.91 Å². The molecule has 0 unspecified atom stereocenters. The van der Waals surface area contributed by atoms with Crippen LogP contribution in [0.5, 0.6) is 0 Å². The van der Waals surface area contributed by atoms with Gasteiger partial charge in [0.15, 0.2) is 0 Å². The highest BCUT2D eigenvalue weighted by Crippen LogP contribution is 2.14. The first-order valence-corrected chi connectivity index (χ1v) is 4.64. The summed E-state index contributed by atoms with van der Waals surface area (Å²) in [6.07, 6.45) is 7.34. The van der Waals surface area contributed by atoms with E-state index in [0.29, 0.717) is 5.56 Å². The number of primary amides is 1. The van der Waals surface area contributed by atoms with Crippen LogP contribution in [-0.4, -0.2) is 17.4 Å². The highest BCUT2D eigenvalue weighted by atomic mass is 16.1. The summed E-state index contributed by atoms with van der Waals surface area (Å²) in [7, 11) is 0. The van der Waals surface area contributed by atoms with Crippen molar-refractivity contribution in [1.29, 1.82) is 0 Å². The number of amides is 1. The van der Waals surface area contributed by atoms with Crippen molar-refractivity contribution in [2.75, 3.05) is 6.54 Å². The molecule has 0 radical (unpaired) electrons. The fourth-order valence-corrected chi connectivity index (χ4v) is 1.35. The van der Waals surface area contributed by atoms with Crippen molar-refractivity contribution >= 4 is 11.5 Å². The molecule has 1 aliphatic heterocycles. The van der Waals surface area contributed by atoms with Gasteiger partial charge in [-0.25, -0.2) is 0 Å². The van der Waals surface area contributed by atoms with Crippen LogP contribution in [0.4, 0.5) is 0 Å². The van der Waals surface area contributed by atoms with Crippen LogP contribution in [0.3, 0.4) is 0 Å². The number of carbonyl (C=O) groups is 1. The molecular formula is C11H11N3O. The molecule has 2 rings (SSSR count). The second-order valence-corrected chi connectivity index (χ2v) is 3.20. The van der Waals surface area contributed by atoms with E-state index in [1.807, 2.05) is 18.4 Å². The Morgan fingerprint density at radius 3 is 2.87 bits per heavy atom. The summed E-state index contributed by atoms with van der Waals surface area (Å²) < 4.78 is 0. The van der Waals surface area contributed by atoms with Crippen molar-refractivity contribution < 1.29 is 4.79 Å². The quantitative estimate of drug-likeness (QED) is 0.739. The van der Waals surface area contributed by atoms with Gasteiger partial charge in [-0.1, -0.05) is 6.08 Å². The first-order valence-electron chi connectivity index (χ1n) is 4.64. The summed E-state index contributed by atoms with van der Waals surface area (Å²) in [4.78, 5) is 15.0. The SMILES string of the molecule is NC(=O)c1ccc(C2=CCNC=C2)nc1. The lowest BCUT2D eigenvalue weighted by Gasteiger charge is -2.07. The molecule has 0 saturated heterocycles. The van der Waals surface area contributed by atoms with E-state index in [1.165, 1.54) is 6.20 Å². The molecule has 4 heteroatoms. The number of hydrogen-bond acceptors (Lipinski definition) is 3. The number of nitrogens with two attached hydrogens (primary N) is 1. The summed E-state index contributed by atoms with van der Waals surface area (Å²) in [6.45, 7) is 0.797. The Labute approximate surface area is 87.5 Å². The highest BCUT2D eigenvalue weighted by Gasteiger charge is 2.04. The molecule has 1 aliphatic rings. The van der Waals surface area contributed by atoms with Gasteiger partial charge in [0.05, 0.1) is 11.3 Å². The highest BCUT2D eigenvalue weighted by molar-refractivity contribution is 5.92. The predicted octanol–water partition coefficient (Wildman–Crippen LogP) is 0.681. The van der Waals surface area contributed by atoms with Gasteiger partial charge in [-0.2, -0.15) is 0 Å². The van der Waals surface area contributed by atoms with Crippen LogP contribution in [-0.2, 0) is 0 Å². The number of dihydropyridines is 1. The first-order chi connectivity index (χ1) is 7.27. The molecule has 0 saturated carbocycles. The Balaban J connectivity index is 2.27. The maximum atomic E-state index is 10.8. The van der Waals surface area contributed by atoms with Gasteiger partial charge in [-0.3, -0.25) is 9.78 Å². The van der Waals surface area contributed by atoms with E-state index in [2.05, 4.69) is 10.3 Å². The van der Waals surface area contributed by atoms with E-state index < -0.39 is 5.91 Å². The van der Waals surface area contributed by atoms with Crippen LogP contribution in [0, 0.1) is 0 Å². The third-order valence-electron chi connectivity index (χ3n) is 2.16. The molecule has 0 bridgehead atoms. The number of carbonyl (C=O) groups excluding carboxylic acids is 1. The molecule has 1 amide bonds. The van der Waals surface area contributed by atoms with E-state index in [1.54, 1.807) is 12.1 Å². The van der Waals surface area contributed by atoms with E-state index in [9.17, 15) is 4.79 Å². The largest absolute Gasteiger partial charge is 0.387 e. The van der Waals surface area contributed by atoms with Crippen molar-refractivity contribution in [3.63, 3.8) is 0 Å². The number of hydrogen-bond donors (Lipinski definition) is 2. The van der Waals surface area contributed by atoms with Gasteiger partial charge < -0.3 is 11.1 Å². The van der Waals surface area contributed by atoms with Gasteiger partial charge >= 0.3 is 0 Å². The normalized spacial score (nSPS) is 14.3. The van der Waals surface area contributed by atoms with Crippen LogP contribution in [0.25, 0.3) is 5.57 Å². The Bertz CT molecular complexity index is 432. The van der Waals surface area contributed by atoms with E-state index in [-0.39, 0.29) is 0 Å². The third kappa shape index (κ3) is 2.04. The molecule has 0 spiro atoms. The van der Waals surface area contributed by atoms with Gasteiger partial charge in [-0.05, 0) is 30.0 Å². The lowest BCUT2D eigenvalue weighted by Crippen LogP contribution is -2.12. The van der Waals surface area contributed by atoms with Gasteiger partial charge in [-0.15, -0.1) is 0 Å². The van der Waals surface area contributed by atoms with E-state index in [4.69, 9.17) is 5.73 Å². The lowest BCUT2D eigenvalue weighted by molar-refractivity contribution is 0.1000. The van der Waals surface area contributed by atoms with Crippen molar-refractivity contribution in [2.24, 2.45) is 5.73 Å². The fraction of sp³-hybridized carbons (Fsp3) is 0.0909.